The van der Waals surface area contributed by atoms with Gasteiger partial charge in [-0.1, -0.05) is 0 Å². The number of amides is 1. The molecule has 0 saturated carbocycles. The van der Waals surface area contributed by atoms with E-state index in [0.29, 0.717) is 13.0 Å². The van der Waals surface area contributed by atoms with Crippen LogP contribution in [0.15, 0.2) is 20.3 Å². The number of aromatic amines is 1. The molecule has 21 heavy (non-hydrogen) atoms. The number of aromatic nitrogens is 2. The van der Waals surface area contributed by atoms with Gasteiger partial charge in [-0.3, -0.25) is 19.1 Å². The molecule has 8 nitrogen and oxygen atoms in total. The van der Waals surface area contributed by atoms with Gasteiger partial charge in [0.2, 0.25) is 5.91 Å². The SMILES string of the molecule is O=C(O)C1CCCCN1C(=O)Cn1cc(Br)c(=O)[nH]c1=O. The van der Waals surface area contributed by atoms with E-state index < -0.39 is 29.2 Å². The van der Waals surface area contributed by atoms with Crippen LogP contribution in [-0.2, 0) is 16.1 Å². The molecule has 0 bridgehead atoms. The molecule has 2 heterocycles. The molecule has 9 heteroatoms. The highest BCUT2D eigenvalue weighted by molar-refractivity contribution is 9.10. The Hall–Kier alpha value is -1.90. The summed E-state index contributed by atoms with van der Waals surface area (Å²) in [6.45, 7) is 0.0487. The van der Waals surface area contributed by atoms with Crippen LogP contribution in [0.5, 0.6) is 0 Å². The number of carboxylic acids is 1. The monoisotopic (exact) mass is 359 g/mol. The number of H-pyrrole nitrogens is 1. The van der Waals surface area contributed by atoms with Gasteiger partial charge >= 0.3 is 11.7 Å². The molecule has 0 aliphatic carbocycles. The summed E-state index contributed by atoms with van der Waals surface area (Å²) < 4.78 is 1.17. The van der Waals surface area contributed by atoms with Crippen molar-refractivity contribution in [1.82, 2.24) is 14.5 Å². The molecule has 1 saturated heterocycles. The number of rotatable bonds is 3. The third-order valence-electron chi connectivity index (χ3n) is 3.38. The lowest BCUT2D eigenvalue weighted by molar-refractivity contribution is -0.152. The minimum atomic E-state index is -1.04. The highest BCUT2D eigenvalue weighted by Gasteiger charge is 2.31. The fraction of sp³-hybridized carbons (Fsp3) is 0.500. The number of piperidine rings is 1. The number of carbonyl (C=O) groups excluding carboxylic acids is 1. The topological polar surface area (TPSA) is 112 Å². The van der Waals surface area contributed by atoms with Crippen molar-refractivity contribution >= 4 is 27.8 Å². The Kier molecular flexibility index (Phi) is 4.61. The predicted molar refractivity (Wildman–Crippen MR) is 76.0 cm³/mol. The fourth-order valence-electron chi connectivity index (χ4n) is 2.32. The van der Waals surface area contributed by atoms with Gasteiger partial charge in [0.15, 0.2) is 0 Å². The lowest BCUT2D eigenvalue weighted by atomic mass is 10.0. The summed E-state index contributed by atoms with van der Waals surface area (Å²) in [5.41, 5.74) is -1.29. The number of nitrogens with one attached hydrogen (secondary N) is 1. The molecule has 1 aromatic rings. The minimum absolute atomic E-state index is 0.128. The zero-order valence-electron chi connectivity index (χ0n) is 11.0. The van der Waals surface area contributed by atoms with Crippen LogP contribution in [0, 0.1) is 0 Å². The van der Waals surface area contributed by atoms with Gasteiger partial charge in [-0.2, -0.15) is 0 Å². The second-order valence-electron chi connectivity index (χ2n) is 4.80. The highest BCUT2D eigenvalue weighted by atomic mass is 79.9. The molecule has 1 unspecified atom stereocenters. The van der Waals surface area contributed by atoms with E-state index in [1.54, 1.807) is 0 Å². The number of nitrogens with zero attached hydrogens (tertiary/aromatic N) is 2. The molecular weight excluding hydrogens is 346 g/mol. The van der Waals surface area contributed by atoms with Gasteiger partial charge in [0.1, 0.15) is 12.6 Å². The maximum absolute atomic E-state index is 12.2. The molecule has 1 atom stereocenters. The van der Waals surface area contributed by atoms with Crippen LogP contribution in [0.25, 0.3) is 0 Å². The average Bonchev–Trinajstić information content (AvgIpc) is 2.44. The first-order chi connectivity index (χ1) is 9.90. The Balaban J connectivity index is 2.21. The summed E-state index contributed by atoms with van der Waals surface area (Å²) in [6, 6.07) is -0.854. The van der Waals surface area contributed by atoms with Crippen molar-refractivity contribution in [3.63, 3.8) is 0 Å². The molecule has 0 radical (unpaired) electrons. The van der Waals surface area contributed by atoms with Crippen LogP contribution in [0.3, 0.4) is 0 Å². The van der Waals surface area contributed by atoms with Crippen LogP contribution in [0.4, 0.5) is 0 Å². The average molecular weight is 360 g/mol. The standard InChI is InChI=1S/C12H14BrN3O5/c13-7-5-15(12(21)14-10(7)18)6-9(17)16-4-2-1-3-8(16)11(19)20/h5,8H,1-4,6H2,(H,19,20)(H,14,18,21). The van der Waals surface area contributed by atoms with Gasteiger partial charge < -0.3 is 10.0 Å². The summed E-state index contributed by atoms with van der Waals surface area (Å²) in [6.07, 6.45) is 3.12. The van der Waals surface area contributed by atoms with Crippen molar-refractivity contribution < 1.29 is 14.7 Å². The largest absolute Gasteiger partial charge is 0.480 e. The van der Waals surface area contributed by atoms with E-state index in [9.17, 15) is 19.2 Å². The Morgan fingerprint density at radius 2 is 2.10 bits per heavy atom. The number of carboxylic acid groups (broad SMARTS) is 1. The maximum Gasteiger partial charge on any atom is 0.328 e. The van der Waals surface area contributed by atoms with Gasteiger partial charge in [0.25, 0.3) is 5.56 Å². The predicted octanol–water partition coefficient (Wildman–Crippen LogP) is -0.235. The van der Waals surface area contributed by atoms with Crippen LogP contribution in [0.2, 0.25) is 0 Å². The molecule has 1 amide bonds. The maximum atomic E-state index is 12.2. The molecule has 0 spiro atoms. The van der Waals surface area contributed by atoms with Crippen LogP contribution >= 0.6 is 15.9 Å². The number of hydrogen-bond acceptors (Lipinski definition) is 4. The molecule has 1 fully saturated rings. The Morgan fingerprint density at radius 3 is 2.76 bits per heavy atom. The number of halogens is 1. The molecule has 2 rings (SSSR count). The fourth-order valence-corrected chi connectivity index (χ4v) is 2.67. The van der Waals surface area contributed by atoms with E-state index in [1.165, 1.54) is 11.1 Å². The third kappa shape index (κ3) is 3.41. The van der Waals surface area contributed by atoms with E-state index >= 15 is 0 Å². The Morgan fingerprint density at radius 1 is 1.38 bits per heavy atom. The van der Waals surface area contributed by atoms with Crippen molar-refractivity contribution in [3.8, 4) is 0 Å². The smallest absolute Gasteiger partial charge is 0.328 e. The Bertz CT molecular complexity index is 680. The number of carbonyl (C=O) groups is 2. The first-order valence-electron chi connectivity index (χ1n) is 6.41. The molecular formula is C12H14BrN3O5. The summed E-state index contributed by atoms with van der Waals surface area (Å²) in [4.78, 5) is 49.6. The summed E-state index contributed by atoms with van der Waals surface area (Å²) in [7, 11) is 0. The van der Waals surface area contributed by atoms with Crippen LogP contribution in [0.1, 0.15) is 19.3 Å². The number of likely N-dealkylation sites (tertiary alicyclic amines) is 1. The van der Waals surface area contributed by atoms with Crippen LogP contribution in [-0.4, -0.2) is 44.0 Å². The molecule has 114 valence electrons. The van der Waals surface area contributed by atoms with Crippen molar-refractivity contribution in [1.29, 1.82) is 0 Å². The van der Waals surface area contributed by atoms with E-state index in [0.717, 1.165) is 17.4 Å². The lowest BCUT2D eigenvalue weighted by Crippen LogP contribution is -2.50. The van der Waals surface area contributed by atoms with Crippen LogP contribution < -0.4 is 11.2 Å². The lowest BCUT2D eigenvalue weighted by Gasteiger charge is -2.33. The van der Waals surface area contributed by atoms with E-state index in [1.807, 2.05) is 0 Å². The van der Waals surface area contributed by atoms with E-state index in [4.69, 9.17) is 5.11 Å². The summed E-state index contributed by atoms with van der Waals surface area (Å²) in [5.74, 6) is -1.50. The van der Waals surface area contributed by atoms with Gasteiger partial charge in [0, 0.05) is 12.7 Å². The normalized spacial score (nSPS) is 18.5. The van der Waals surface area contributed by atoms with Gasteiger partial charge in [-0.25, -0.2) is 9.59 Å². The number of hydrogen-bond donors (Lipinski definition) is 2. The molecule has 1 aromatic heterocycles. The first kappa shape index (κ1) is 15.5. The summed E-state index contributed by atoms with van der Waals surface area (Å²) in [5, 5.41) is 9.14. The van der Waals surface area contributed by atoms with Crippen molar-refractivity contribution in [2.24, 2.45) is 0 Å². The van der Waals surface area contributed by atoms with Crippen molar-refractivity contribution in [2.45, 2.75) is 31.8 Å². The van der Waals surface area contributed by atoms with E-state index in [-0.39, 0.29) is 11.0 Å². The Labute approximate surface area is 127 Å². The van der Waals surface area contributed by atoms with Gasteiger partial charge in [-0.15, -0.1) is 0 Å². The second kappa shape index (κ2) is 6.25. The molecule has 2 N–H and O–H groups in total. The third-order valence-corrected chi connectivity index (χ3v) is 3.95. The van der Waals surface area contributed by atoms with E-state index in [2.05, 4.69) is 20.9 Å². The second-order valence-corrected chi connectivity index (χ2v) is 5.66. The molecule has 0 aromatic carbocycles. The zero-order valence-corrected chi connectivity index (χ0v) is 12.6. The molecule has 1 aliphatic rings. The minimum Gasteiger partial charge on any atom is -0.480 e. The van der Waals surface area contributed by atoms with Gasteiger partial charge in [0.05, 0.1) is 4.47 Å². The number of aliphatic carboxylic acids is 1. The highest BCUT2D eigenvalue weighted by Crippen LogP contribution is 2.17. The molecule has 1 aliphatic heterocycles. The quantitative estimate of drug-likeness (QED) is 0.773. The van der Waals surface area contributed by atoms with Crippen molar-refractivity contribution in [2.75, 3.05) is 6.54 Å². The van der Waals surface area contributed by atoms with Gasteiger partial charge in [-0.05, 0) is 35.2 Å². The van der Waals surface area contributed by atoms with Crippen molar-refractivity contribution in [3.05, 3.63) is 31.5 Å². The summed E-state index contributed by atoms with van der Waals surface area (Å²) >= 11 is 2.98. The first-order valence-corrected chi connectivity index (χ1v) is 7.21. The zero-order chi connectivity index (χ0) is 15.6.